The number of hydrogen-bond donors (Lipinski definition) is 4. The summed E-state index contributed by atoms with van der Waals surface area (Å²) in [5.74, 6) is -0.838. The summed E-state index contributed by atoms with van der Waals surface area (Å²) in [5.41, 5.74) is 0.362. The molecule has 242 valence electrons. The first-order valence-corrected chi connectivity index (χ1v) is 21.3. The van der Waals surface area contributed by atoms with E-state index in [1.807, 2.05) is 12.1 Å². The van der Waals surface area contributed by atoms with Crippen LogP contribution in [0.2, 0.25) is 5.02 Å². The standard InChI is InChI=1S/C27H27ClF3I2N7O4S/c1-45(32,33,43)40-21(42)25(10-11-25)14-34-20(41)16-2-8-19(9-3-16)35-22-36-23(38-24(37-22)44-15-27(29,30)31)39-26(12-13-26)17-4-6-18(28)7-5-17/h2-9H,10-15H2,1H3,(H,34,41)(H,40,42,43)(H2,35,36,37,38,39). The summed E-state index contributed by atoms with van der Waals surface area (Å²) in [6.45, 7) is -1.49. The zero-order valence-corrected chi connectivity index (χ0v) is 29.4. The lowest BCUT2D eigenvalue weighted by molar-refractivity contribution is -0.154. The Morgan fingerprint density at radius 2 is 1.60 bits per heavy atom. The van der Waals surface area contributed by atoms with E-state index in [0.717, 1.165) is 18.4 Å². The largest absolute Gasteiger partial charge is 0.454 e. The van der Waals surface area contributed by atoms with E-state index in [0.29, 0.717) is 29.1 Å². The number of nitrogens with one attached hydrogen (secondary N) is 4. The summed E-state index contributed by atoms with van der Waals surface area (Å²) in [6, 6.07) is 12.9. The zero-order valence-electron chi connectivity index (χ0n) is 23.5. The molecule has 1 heterocycles. The van der Waals surface area contributed by atoms with Crippen molar-refractivity contribution in [2.24, 2.45) is 5.41 Å². The van der Waals surface area contributed by atoms with Gasteiger partial charge in [-0.05, 0) is 67.6 Å². The maximum absolute atomic E-state index is 12.9. The maximum Gasteiger partial charge on any atom is 0.422 e. The Morgan fingerprint density at radius 1 is 0.978 bits per heavy atom. The van der Waals surface area contributed by atoms with E-state index in [9.17, 15) is 27.0 Å². The number of alkyl halides is 3. The Labute approximate surface area is 285 Å². The number of ether oxygens (including phenoxy) is 1. The highest BCUT2D eigenvalue weighted by Crippen LogP contribution is 2.49. The van der Waals surface area contributed by atoms with Gasteiger partial charge in [0.05, 0.1) is 14.5 Å². The number of benzene rings is 2. The summed E-state index contributed by atoms with van der Waals surface area (Å²) in [5, 5.41) is 9.45. The molecule has 2 aliphatic carbocycles. The van der Waals surface area contributed by atoms with Gasteiger partial charge in [0, 0.05) is 71.5 Å². The summed E-state index contributed by atoms with van der Waals surface area (Å²) in [4.78, 5) is 37.8. The Morgan fingerprint density at radius 3 is 2.16 bits per heavy atom. The molecule has 2 fully saturated rings. The van der Waals surface area contributed by atoms with Gasteiger partial charge in [-0.1, -0.05) is 23.7 Å². The average Bonchev–Trinajstić information content (AvgIpc) is 3.87. The molecule has 3 aromatic rings. The van der Waals surface area contributed by atoms with Crippen LogP contribution in [0.15, 0.2) is 48.5 Å². The van der Waals surface area contributed by atoms with E-state index in [4.69, 9.17) is 16.3 Å². The van der Waals surface area contributed by atoms with E-state index in [1.54, 1.807) is 66.7 Å². The van der Waals surface area contributed by atoms with Gasteiger partial charge in [0.15, 0.2) is 6.61 Å². The highest BCUT2D eigenvalue weighted by Gasteiger charge is 2.52. The predicted octanol–water partition coefficient (Wildman–Crippen LogP) is 6.00. The van der Waals surface area contributed by atoms with Crippen molar-refractivity contribution in [3.8, 4) is 6.01 Å². The molecule has 0 radical (unpaired) electrons. The summed E-state index contributed by atoms with van der Waals surface area (Å²) >= 11 is 9.45. The molecule has 0 aliphatic heterocycles. The summed E-state index contributed by atoms with van der Waals surface area (Å²) < 4.78 is 55.2. The first kappa shape index (κ1) is 33.8. The topological polar surface area (TPSA) is 147 Å². The van der Waals surface area contributed by atoms with Gasteiger partial charge in [-0.3, -0.25) is 14.3 Å². The minimum Gasteiger partial charge on any atom is -0.454 e. The second kappa shape index (κ2) is 12.3. The molecule has 1 aromatic heterocycles. The van der Waals surface area contributed by atoms with Crippen molar-refractivity contribution in [2.45, 2.75) is 37.4 Å². The number of aromatic nitrogens is 3. The molecule has 2 aromatic carbocycles. The van der Waals surface area contributed by atoms with Crippen LogP contribution in [-0.2, 0) is 13.9 Å². The van der Waals surface area contributed by atoms with Crippen LogP contribution in [0.25, 0.3) is 0 Å². The predicted molar refractivity (Wildman–Crippen MR) is 181 cm³/mol. The molecule has 5 rings (SSSR count). The van der Waals surface area contributed by atoms with Crippen LogP contribution >= 0.6 is 54.0 Å². The van der Waals surface area contributed by atoms with Crippen molar-refractivity contribution in [3.05, 3.63) is 64.7 Å². The van der Waals surface area contributed by atoms with Crippen LogP contribution in [-0.4, -0.2) is 56.6 Å². The number of hydrogen-bond acceptors (Lipinski definition) is 9. The Balaban J connectivity index is 1.26. The van der Waals surface area contributed by atoms with Crippen LogP contribution in [0.1, 0.15) is 41.6 Å². The number of halogens is 6. The molecule has 2 saturated carbocycles. The number of rotatable bonds is 12. The fourth-order valence-corrected chi connectivity index (χ4v) is 6.35. The van der Waals surface area contributed by atoms with Gasteiger partial charge in [-0.2, -0.15) is 28.1 Å². The van der Waals surface area contributed by atoms with Crippen LogP contribution in [0.3, 0.4) is 0 Å². The molecule has 4 N–H and O–H groups in total. The first-order valence-electron chi connectivity index (χ1n) is 13.5. The van der Waals surface area contributed by atoms with E-state index in [1.165, 1.54) is 18.4 Å². The third-order valence-electron chi connectivity index (χ3n) is 7.12. The average molecular weight is 892 g/mol. The third kappa shape index (κ3) is 9.50. The minimum atomic E-state index is -4.60. The fourth-order valence-electron chi connectivity index (χ4n) is 4.40. The number of anilines is 3. The number of nitrogens with zero attached hydrogens (tertiary/aromatic N) is 3. The van der Waals surface area contributed by atoms with Gasteiger partial charge in [0.1, 0.15) is 0 Å². The highest BCUT2D eigenvalue weighted by atomic mass is 127. The molecule has 2 amide bonds. The number of carbonyl (C=O) groups is 2. The Bertz CT molecular complexity index is 1670. The van der Waals surface area contributed by atoms with Gasteiger partial charge in [0.25, 0.3) is 5.91 Å². The van der Waals surface area contributed by atoms with Crippen molar-refractivity contribution in [1.29, 1.82) is 0 Å². The van der Waals surface area contributed by atoms with Crippen molar-refractivity contribution in [2.75, 3.05) is 30.0 Å². The third-order valence-corrected chi connectivity index (χ3v) is 9.32. The van der Waals surface area contributed by atoms with Crippen LogP contribution < -0.4 is 25.4 Å². The summed E-state index contributed by atoms with van der Waals surface area (Å²) in [6.07, 6.45) is -0.525. The van der Waals surface area contributed by atoms with Crippen LogP contribution in [0, 0.1) is 5.41 Å². The molecule has 0 bridgehead atoms. The molecule has 0 atom stereocenters. The minimum absolute atomic E-state index is 0.0154. The van der Waals surface area contributed by atoms with Gasteiger partial charge in [-0.25, -0.2) is 4.21 Å². The van der Waals surface area contributed by atoms with E-state index < -0.39 is 39.2 Å². The fraction of sp³-hybridized carbons (Fsp3) is 0.370. The molecule has 45 heavy (non-hydrogen) atoms. The Kier molecular flexibility index (Phi) is 9.21. The van der Waals surface area contributed by atoms with Gasteiger partial charge < -0.3 is 20.7 Å². The SMILES string of the molecule is CS(=O)(I)(I)NC(=O)C1(CNC(=O)c2ccc(Nc3nc(NC4(c5ccc(Cl)cc5)CC4)nc(OCC(F)(F)F)n3)cc2)CC1. The van der Waals surface area contributed by atoms with Gasteiger partial charge in [0.2, 0.25) is 17.8 Å². The number of amides is 2. The zero-order chi connectivity index (χ0) is 32.7. The monoisotopic (exact) mass is 891 g/mol. The molecule has 0 saturated heterocycles. The smallest absolute Gasteiger partial charge is 0.422 e. The molecule has 2 aliphatic rings. The highest BCUT2D eigenvalue weighted by molar-refractivity contribution is 14.3. The van der Waals surface area contributed by atoms with Gasteiger partial charge >= 0.3 is 12.2 Å². The maximum atomic E-state index is 12.9. The van der Waals surface area contributed by atoms with E-state index in [2.05, 4.69) is 35.6 Å². The van der Waals surface area contributed by atoms with Crippen LogP contribution in [0.5, 0.6) is 6.01 Å². The second-order valence-electron chi connectivity index (χ2n) is 11.1. The van der Waals surface area contributed by atoms with Crippen molar-refractivity contribution >= 4 is 87.0 Å². The molecule has 18 heteroatoms. The van der Waals surface area contributed by atoms with Crippen LogP contribution in [0.4, 0.5) is 30.8 Å². The van der Waals surface area contributed by atoms with Crippen molar-refractivity contribution in [1.82, 2.24) is 25.0 Å². The second-order valence-corrected chi connectivity index (χ2v) is 31.7. The van der Waals surface area contributed by atoms with E-state index >= 15 is 0 Å². The lowest BCUT2D eigenvalue weighted by atomic mass is 10.1. The Hall–Kier alpha value is -2.52. The lowest BCUT2D eigenvalue weighted by Gasteiger charge is -2.28. The molecule has 0 spiro atoms. The van der Waals surface area contributed by atoms with Crippen molar-refractivity contribution < 1.29 is 31.7 Å². The number of carbonyl (C=O) groups excluding carboxylic acids is 2. The molecule has 0 unspecified atom stereocenters. The van der Waals surface area contributed by atoms with Gasteiger partial charge in [-0.15, -0.1) is 0 Å². The normalized spacial score (nSPS) is 17.3. The lowest BCUT2D eigenvalue weighted by Crippen LogP contribution is -2.46. The summed E-state index contributed by atoms with van der Waals surface area (Å²) in [7, 11) is 0. The van der Waals surface area contributed by atoms with Crippen molar-refractivity contribution in [3.63, 3.8) is 0 Å². The molecular formula is C27H27ClF3I2N7O4S. The van der Waals surface area contributed by atoms with E-state index in [-0.39, 0.29) is 24.3 Å². The molecule has 11 nitrogen and oxygen atoms in total. The quantitative estimate of drug-likeness (QED) is 0.127. The molecular weight excluding hydrogens is 865 g/mol. The first-order chi connectivity index (χ1) is 20.9.